The van der Waals surface area contributed by atoms with E-state index < -0.39 is 21.8 Å². The monoisotopic (exact) mass is 487 g/mol. The number of hydrazine groups is 1. The van der Waals surface area contributed by atoms with Crippen LogP contribution in [0.25, 0.3) is 0 Å². The molecule has 0 bridgehead atoms. The van der Waals surface area contributed by atoms with Crippen molar-refractivity contribution in [1.82, 2.24) is 20.1 Å². The van der Waals surface area contributed by atoms with Crippen molar-refractivity contribution in [2.45, 2.75) is 30.6 Å². The van der Waals surface area contributed by atoms with E-state index >= 15 is 0 Å². The third-order valence-electron chi connectivity index (χ3n) is 5.93. The molecule has 0 unspecified atom stereocenters. The maximum absolute atomic E-state index is 12.8. The molecule has 11 heteroatoms. The minimum atomic E-state index is -3.73. The molecule has 1 aromatic carbocycles. The molecule has 2 fully saturated rings. The summed E-state index contributed by atoms with van der Waals surface area (Å²) in [6.07, 6.45) is 6.19. The van der Waals surface area contributed by atoms with E-state index in [0.29, 0.717) is 18.8 Å². The second-order valence-electron chi connectivity index (χ2n) is 8.26. The summed E-state index contributed by atoms with van der Waals surface area (Å²) < 4.78 is 32.2. The Kier molecular flexibility index (Phi) is 7.76. The summed E-state index contributed by atoms with van der Waals surface area (Å²) in [4.78, 5) is 31.7. The van der Waals surface area contributed by atoms with Gasteiger partial charge in [0.1, 0.15) is 5.82 Å². The van der Waals surface area contributed by atoms with Crippen LogP contribution in [0.4, 0.5) is 5.82 Å². The number of carbonyl (C=O) groups is 2. The second-order valence-corrected chi connectivity index (χ2v) is 10.2. The van der Waals surface area contributed by atoms with Crippen molar-refractivity contribution in [2.24, 2.45) is 0 Å². The number of rotatable bonds is 5. The number of sulfonamides is 1. The van der Waals surface area contributed by atoms with Crippen molar-refractivity contribution in [3.63, 3.8) is 0 Å². The number of pyridine rings is 1. The highest BCUT2D eigenvalue weighted by molar-refractivity contribution is 7.89. The van der Waals surface area contributed by atoms with Gasteiger partial charge in [0.05, 0.1) is 23.7 Å². The molecule has 1 aromatic heterocycles. The van der Waals surface area contributed by atoms with Gasteiger partial charge in [0, 0.05) is 37.9 Å². The first-order valence-corrected chi connectivity index (χ1v) is 12.9. The number of benzene rings is 1. The second kappa shape index (κ2) is 10.9. The highest BCUT2D eigenvalue weighted by Crippen LogP contribution is 2.19. The van der Waals surface area contributed by atoms with Crippen LogP contribution < -0.4 is 15.8 Å². The van der Waals surface area contributed by atoms with Gasteiger partial charge in [-0.05, 0) is 43.2 Å². The maximum atomic E-state index is 12.8. The number of anilines is 1. The quantitative estimate of drug-likeness (QED) is 0.614. The van der Waals surface area contributed by atoms with Gasteiger partial charge in [-0.15, -0.1) is 0 Å². The van der Waals surface area contributed by atoms with Gasteiger partial charge in [0.2, 0.25) is 10.0 Å². The summed E-state index contributed by atoms with van der Waals surface area (Å²) in [5, 5.41) is 0. The lowest BCUT2D eigenvalue weighted by atomic mass is 10.2. The minimum Gasteiger partial charge on any atom is -0.379 e. The van der Waals surface area contributed by atoms with Gasteiger partial charge in [-0.2, -0.15) is 4.31 Å². The first-order valence-electron chi connectivity index (χ1n) is 11.4. The summed E-state index contributed by atoms with van der Waals surface area (Å²) in [6, 6.07) is 9.20. The fraction of sp³-hybridized carbons (Fsp3) is 0.435. The molecule has 2 saturated heterocycles. The van der Waals surface area contributed by atoms with Gasteiger partial charge in [0.25, 0.3) is 11.8 Å². The average Bonchev–Trinajstić information content (AvgIpc) is 3.17. The van der Waals surface area contributed by atoms with Crippen molar-refractivity contribution < 1.29 is 22.7 Å². The summed E-state index contributed by atoms with van der Waals surface area (Å²) in [7, 11) is -3.73. The Morgan fingerprint density at radius 2 is 1.53 bits per heavy atom. The Morgan fingerprint density at radius 3 is 2.18 bits per heavy atom. The molecule has 2 aromatic rings. The molecule has 2 aliphatic rings. The highest BCUT2D eigenvalue weighted by atomic mass is 32.2. The SMILES string of the molecule is O=C(NNC(=O)c1cccc(S(=O)(=O)N2CCOCC2)c1)c1ccc(N2CCCCCC2)nc1. The number of aromatic nitrogens is 1. The van der Waals surface area contributed by atoms with Crippen LogP contribution in [0, 0.1) is 0 Å². The molecule has 10 nitrogen and oxygen atoms in total. The molecule has 2 N–H and O–H groups in total. The predicted molar refractivity (Wildman–Crippen MR) is 126 cm³/mol. The van der Waals surface area contributed by atoms with E-state index in [2.05, 4.69) is 20.7 Å². The van der Waals surface area contributed by atoms with E-state index in [0.717, 1.165) is 31.7 Å². The van der Waals surface area contributed by atoms with E-state index in [1.165, 1.54) is 47.6 Å². The van der Waals surface area contributed by atoms with Crippen LogP contribution in [0.2, 0.25) is 0 Å². The summed E-state index contributed by atoms with van der Waals surface area (Å²) in [6.45, 7) is 3.10. The topological polar surface area (TPSA) is 121 Å². The fourth-order valence-corrected chi connectivity index (χ4v) is 5.45. The van der Waals surface area contributed by atoms with E-state index in [4.69, 9.17) is 4.74 Å². The Bertz CT molecular complexity index is 1110. The van der Waals surface area contributed by atoms with Crippen LogP contribution in [0.1, 0.15) is 46.4 Å². The molecule has 0 radical (unpaired) electrons. The number of morpholine rings is 1. The Labute approximate surface area is 199 Å². The number of hydrogen-bond acceptors (Lipinski definition) is 7. The Morgan fingerprint density at radius 1 is 0.853 bits per heavy atom. The van der Waals surface area contributed by atoms with Crippen LogP contribution in [-0.4, -0.2) is 68.9 Å². The van der Waals surface area contributed by atoms with Gasteiger partial charge in [-0.3, -0.25) is 20.4 Å². The van der Waals surface area contributed by atoms with Crippen molar-refractivity contribution in [2.75, 3.05) is 44.3 Å². The van der Waals surface area contributed by atoms with E-state index in [1.807, 2.05) is 6.07 Å². The third kappa shape index (κ3) is 5.72. The molecule has 0 spiro atoms. The van der Waals surface area contributed by atoms with Crippen molar-refractivity contribution in [1.29, 1.82) is 0 Å². The number of carbonyl (C=O) groups excluding carboxylic acids is 2. The standard InChI is InChI=1S/C23H29N5O5S/c29-22(18-6-5-7-20(16-18)34(31,32)28-12-14-33-15-13-28)25-26-23(30)19-8-9-21(24-17-19)27-10-3-1-2-4-11-27/h5-9,16-17H,1-4,10-15H2,(H,25,29)(H,26,30). The largest absolute Gasteiger partial charge is 0.379 e. The Hall–Kier alpha value is -3.02. The molecule has 0 saturated carbocycles. The number of amides is 2. The van der Waals surface area contributed by atoms with Gasteiger partial charge < -0.3 is 9.64 Å². The molecule has 2 amide bonds. The van der Waals surface area contributed by atoms with Crippen molar-refractivity contribution >= 4 is 27.7 Å². The van der Waals surface area contributed by atoms with Crippen molar-refractivity contribution in [3.05, 3.63) is 53.7 Å². The van der Waals surface area contributed by atoms with Crippen LogP contribution in [0.15, 0.2) is 47.5 Å². The van der Waals surface area contributed by atoms with Gasteiger partial charge in [-0.25, -0.2) is 13.4 Å². The van der Waals surface area contributed by atoms with Crippen LogP contribution in [0.5, 0.6) is 0 Å². The van der Waals surface area contributed by atoms with Crippen LogP contribution >= 0.6 is 0 Å². The summed E-state index contributed by atoms with van der Waals surface area (Å²) >= 11 is 0. The summed E-state index contributed by atoms with van der Waals surface area (Å²) in [5.74, 6) is -0.303. The molecular weight excluding hydrogens is 458 g/mol. The zero-order valence-electron chi connectivity index (χ0n) is 18.9. The first-order chi connectivity index (χ1) is 16.4. The fourth-order valence-electron chi connectivity index (χ4n) is 4.00. The molecule has 2 aliphatic heterocycles. The van der Waals surface area contributed by atoms with Gasteiger partial charge >= 0.3 is 0 Å². The van der Waals surface area contributed by atoms with E-state index in [9.17, 15) is 18.0 Å². The molecule has 3 heterocycles. The van der Waals surface area contributed by atoms with E-state index in [1.54, 1.807) is 6.07 Å². The Balaban J connectivity index is 1.36. The number of nitrogens with one attached hydrogen (secondary N) is 2. The zero-order chi connectivity index (χ0) is 24.0. The number of nitrogens with zero attached hydrogens (tertiary/aromatic N) is 3. The molecule has 182 valence electrons. The molecule has 0 aliphatic carbocycles. The van der Waals surface area contributed by atoms with Gasteiger partial charge in [-0.1, -0.05) is 18.9 Å². The number of hydrogen-bond donors (Lipinski definition) is 2. The smallest absolute Gasteiger partial charge is 0.271 e. The lowest BCUT2D eigenvalue weighted by Gasteiger charge is -2.26. The molecule has 34 heavy (non-hydrogen) atoms. The van der Waals surface area contributed by atoms with E-state index in [-0.39, 0.29) is 23.5 Å². The first kappa shape index (κ1) is 24.1. The molecule has 4 rings (SSSR count). The number of ether oxygens (including phenoxy) is 1. The molecular formula is C23H29N5O5S. The average molecular weight is 488 g/mol. The zero-order valence-corrected chi connectivity index (χ0v) is 19.7. The van der Waals surface area contributed by atoms with Crippen molar-refractivity contribution in [3.8, 4) is 0 Å². The highest BCUT2D eigenvalue weighted by Gasteiger charge is 2.27. The normalized spacial score (nSPS) is 17.6. The van der Waals surface area contributed by atoms with Gasteiger partial charge in [0.15, 0.2) is 0 Å². The third-order valence-corrected chi connectivity index (χ3v) is 7.83. The van der Waals surface area contributed by atoms with Crippen LogP contribution in [0.3, 0.4) is 0 Å². The maximum Gasteiger partial charge on any atom is 0.271 e. The lowest BCUT2D eigenvalue weighted by Crippen LogP contribution is -2.42. The lowest BCUT2D eigenvalue weighted by molar-refractivity contribution is 0.0730. The molecule has 0 atom stereocenters. The predicted octanol–water partition coefficient (Wildman–Crippen LogP) is 1.56. The summed E-state index contributed by atoms with van der Waals surface area (Å²) in [5.41, 5.74) is 5.12. The van der Waals surface area contributed by atoms with Crippen LogP contribution in [-0.2, 0) is 14.8 Å². The minimum absolute atomic E-state index is 0.0154.